The predicted molar refractivity (Wildman–Crippen MR) is 24.3 cm³/mol. The summed E-state index contributed by atoms with van der Waals surface area (Å²) in [5.74, 6) is 2.06. The normalized spacial score (nSPS) is 7.60. The first-order valence-corrected chi connectivity index (χ1v) is 1.89. The maximum Gasteiger partial charge on any atom is 0.167 e. The van der Waals surface area contributed by atoms with Gasteiger partial charge in [0.05, 0.1) is 0 Å². The van der Waals surface area contributed by atoms with E-state index in [0.29, 0.717) is 0 Å². The summed E-state index contributed by atoms with van der Waals surface area (Å²) >= 11 is 9.98. The number of hydrogen-bond donors (Lipinski definition) is 0. The molecule has 0 N–H and O–H groups in total. The van der Waals surface area contributed by atoms with Crippen molar-refractivity contribution in [2.45, 2.75) is 4.84 Å². The van der Waals surface area contributed by atoms with E-state index >= 15 is 0 Å². The first-order valence-electron chi connectivity index (χ1n) is 1.01. The van der Waals surface area contributed by atoms with Crippen molar-refractivity contribution in [3.8, 4) is 12.3 Å². The lowest BCUT2D eigenvalue weighted by atomic mass is 10.8. The van der Waals surface area contributed by atoms with E-state index in [1.807, 2.05) is 0 Å². The van der Waals surface area contributed by atoms with E-state index in [-0.39, 0.29) is 0 Å². The Morgan fingerprint density at radius 2 is 1.80 bits per heavy atom. The van der Waals surface area contributed by atoms with Gasteiger partial charge in [-0.25, -0.2) is 0 Å². The summed E-state index contributed by atoms with van der Waals surface area (Å²) < 4.78 is 0. The minimum Gasteiger partial charge on any atom is -0.117 e. The fourth-order valence-electron chi connectivity index (χ4n) is 0. The number of hydrogen-bond acceptors (Lipinski definition) is 0. The zero-order valence-electron chi connectivity index (χ0n) is 2.41. The third-order valence-electron chi connectivity index (χ3n) is 0.126. The van der Waals surface area contributed by atoms with Crippen LogP contribution in [-0.4, -0.2) is 4.84 Å². The molecule has 0 spiro atoms. The molecule has 0 amide bonds. The molecule has 0 atom stereocenters. The number of alkyl halides is 2. The van der Waals surface area contributed by atoms with Crippen LogP contribution in [0.4, 0.5) is 0 Å². The maximum atomic E-state index is 4.99. The highest BCUT2D eigenvalue weighted by molar-refractivity contribution is 6.46. The highest BCUT2D eigenvalue weighted by Crippen LogP contribution is 1.95. The van der Waals surface area contributed by atoms with Gasteiger partial charge >= 0.3 is 0 Å². The van der Waals surface area contributed by atoms with Gasteiger partial charge in [0.15, 0.2) is 4.84 Å². The Morgan fingerprint density at radius 3 is 1.80 bits per heavy atom. The molecule has 0 aromatic carbocycles. The van der Waals surface area contributed by atoms with Crippen LogP contribution in [0.15, 0.2) is 0 Å². The molecule has 0 aliphatic carbocycles. The largest absolute Gasteiger partial charge is 0.167 e. The van der Waals surface area contributed by atoms with Crippen molar-refractivity contribution in [1.29, 1.82) is 0 Å². The highest BCUT2D eigenvalue weighted by atomic mass is 35.5. The molecule has 28 valence electrons. The summed E-state index contributed by atoms with van der Waals surface area (Å²) in [6.45, 7) is 0. The van der Waals surface area contributed by atoms with Crippen LogP contribution in [0.3, 0.4) is 0 Å². The Bertz CT molecular complexity index is 50.4. The fourth-order valence-corrected chi connectivity index (χ4v) is 0. The van der Waals surface area contributed by atoms with Gasteiger partial charge in [-0.15, -0.1) is 6.42 Å². The number of terminal acetylenes is 1. The lowest BCUT2D eigenvalue weighted by molar-refractivity contribution is 1.74. The molecule has 2 heteroatoms. The van der Waals surface area contributed by atoms with Crippen LogP contribution in [0.25, 0.3) is 0 Å². The Balaban J connectivity index is 2.94. The summed E-state index contributed by atoms with van der Waals surface area (Å²) in [5, 5.41) is 0. The molecule has 0 unspecified atom stereocenters. The second-order valence-electron chi connectivity index (χ2n) is 0.467. The molecule has 0 nitrogen and oxygen atoms in total. The molecular formula is C3H2Cl2. The van der Waals surface area contributed by atoms with Crippen molar-refractivity contribution < 1.29 is 0 Å². The summed E-state index contributed by atoms with van der Waals surface area (Å²) in [4.78, 5) is -0.644. The molecule has 0 fully saturated rings. The smallest absolute Gasteiger partial charge is 0.117 e. The second kappa shape index (κ2) is 2.38. The van der Waals surface area contributed by atoms with Gasteiger partial charge in [0.1, 0.15) is 0 Å². The van der Waals surface area contributed by atoms with E-state index < -0.39 is 4.84 Å². The van der Waals surface area contributed by atoms with E-state index in [9.17, 15) is 0 Å². The molecule has 0 aromatic rings. The topological polar surface area (TPSA) is 0 Å². The molecule has 0 aliphatic heterocycles. The average Bonchev–Trinajstić information content (AvgIpc) is 1.38. The lowest BCUT2D eigenvalue weighted by Gasteiger charge is -1.73. The van der Waals surface area contributed by atoms with Gasteiger partial charge in [-0.1, -0.05) is 29.1 Å². The monoisotopic (exact) mass is 108 g/mol. The van der Waals surface area contributed by atoms with E-state index in [1.165, 1.54) is 0 Å². The van der Waals surface area contributed by atoms with Crippen molar-refractivity contribution in [2.75, 3.05) is 0 Å². The van der Waals surface area contributed by atoms with Gasteiger partial charge in [-0.2, -0.15) is 0 Å². The van der Waals surface area contributed by atoms with Gasteiger partial charge in [0, 0.05) is 0 Å². The molecule has 0 saturated carbocycles. The first kappa shape index (κ1) is 5.14. The Kier molecular flexibility index (Phi) is 2.45. The fraction of sp³-hybridized carbons (Fsp3) is 0.333. The van der Waals surface area contributed by atoms with Crippen molar-refractivity contribution in [3.05, 3.63) is 0 Å². The Labute approximate surface area is 41.1 Å². The average molecular weight is 109 g/mol. The Morgan fingerprint density at radius 1 is 1.60 bits per heavy atom. The van der Waals surface area contributed by atoms with Crippen LogP contribution in [0.1, 0.15) is 0 Å². The van der Waals surface area contributed by atoms with Crippen molar-refractivity contribution >= 4 is 23.2 Å². The molecule has 0 aromatic heterocycles. The van der Waals surface area contributed by atoms with Crippen molar-refractivity contribution in [1.82, 2.24) is 0 Å². The van der Waals surface area contributed by atoms with Crippen molar-refractivity contribution in [3.63, 3.8) is 0 Å². The SMILES string of the molecule is C#CC(Cl)Cl. The third kappa shape index (κ3) is 4.14. The summed E-state index contributed by atoms with van der Waals surface area (Å²) in [6.07, 6.45) is 4.66. The summed E-state index contributed by atoms with van der Waals surface area (Å²) in [7, 11) is 0. The number of rotatable bonds is 0. The van der Waals surface area contributed by atoms with Crippen LogP contribution in [0.5, 0.6) is 0 Å². The minimum absolute atomic E-state index is 0.644. The standard InChI is InChI=1S/C3H2Cl2/c1-2-3(4)5/h1,3H. The van der Waals surface area contributed by atoms with Gasteiger partial charge in [0.2, 0.25) is 0 Å². The lowest BCUT2D eigenvalue weighted by Crippen LogP contribution is -1.70. The zero-order valence-corrected chi connectivity index (χ0v) is 3.92. The molecule has 0 aliphatic rings. The van der Waals surface area contributed by atoms with E-state index in [0.717, 1.165) is 0 Å². The van der Waals surface area contributed by atoms with Crippen LogP contribution >= 0.6 is 23.2 Å². The van der Waals surface area contributed by atoms with Crippen molar-refractivity contribution in [2.24, 2.45) is 0 Å². The molecule has 0 saturated heterocycles. The molecule has 0 radical (unpaired) electrons. The third-order valence-corrected chi connectivity index (χ3v) is 0.378. The van der Waals surface area contributed by atoms with Crippen LogP contribution < -0.4 is 0 Å². The molecule has 0 bridgehead atoms. The molecule has 5 heavy (non-hydrogen) atoms. The van der Waals surface area contributed by atoms with Crippen LogP contribution in [0.2, 0.25) is 0 Å². The predicted octanol–water partition coefficient (Wildman–Crippen LogP) is 1.42. The second-order valence-corrected chi connectivity index (χ2v) is 1.56. The maximum absolute atomic E-state index is 4.99. The molecule has 0 heterocycles. The zero-order chi connectivity index (χ0) is 4.28. The number of halogens is 2. The quantitative estimate of drug-likeness (QED) is 0.326. The summed E-state index contributed by atoms with van der Waals surface area (Å²) in [6, 6.07) is 0. The van der Waals surface area contributed by atoms with Gasteiger partial charge in [0.25, 0.3) is 0 Å². The van der Waals surface area contributed by atoms with Gasteiger partial charge < -0.3 is 0 Å². The van der Waals surface area contributed by atoms with E-state index in [2.05, 4.69) is 12.3 Å². The summed E-state index contributed by atoms with van der Waals surface area (Å²) in [5.41, 5.74) is 0. The molecule has 0 rings (SSSR count). The molecular weight excluding hydrogens is 107 g/mol. The van der Waals surface area contributed by atoms with Gasteiger partial charge in [-0.3, -0.25) is 0 Å². The van der Waals surface area contributed by atoms with E-state index in [1.54, 1.807) is 0 Å². The Hall–Kier alpha value is 0.140. The van der Waals surface area contributed by atoms with E-state index in [4.69, 9.17) is 23.2 Å². The van der Waals surface area contributed by atoms with Crippen LogP contribution in [0, 0.1) is 12.3 Å². The minimum atomic E-state index is -0.644. The van der Waals surface area contributed by atoms with Gasteiger partial charge in [-0.05, 0) is 0 Å². The highest BCUT2D eigenvalue weighted by Gasteiger charge is 1.81. The first-order chi connectivity index (χ1) is 2.27. The van der Waals surface area contributed by atoms with Crippen LogP contribution in [-0.2, 0) is 0 Å².